The second-order valence-corrected chi connectivity index (χ2v) is 6.14. The average molecular weight is 318 g/mol. The number of hydrogen-bond acceptors (Lipinski definition) is 3. The number of para-hydroxylation sites is 1. The van der Waals surface area contributed by atoms with E-state index in [-0.39, 0.29) is 5.78 Å². The lowest BCUT2D eigenvalue weighted by atomic mass is 10.0. The third-order valence-corrected chi connectivity index (χ3v) is 4.73. The van der Waals surface area contributed by atoms with E-state index in [2.05, 4.69) is 6.07 Å². The molecule has 1 aliphatic heterocycles. The molecular formula is C20H18N2O2. The third kappa shape index (κ3) is 2.14. The SMILES string of the molecule is CN(c1ccccc1)N1C(=O)C(=O)C2=C1c1ccccc1CCC2. The molecule has 0 bridgehead atoms. The fraction of sp³-hybridized carbons (Fsp3) is 0.200. The van der Waals surface area contributed by atoms with Crippen molar-refractivity contribution >= 4 is 23.1 Å². The molecule has 1 heterocycles. The molecule has 4 rings (SSSR count). The number of hydrogen-bond donors (Lipinski definition) is 0. The van der Waals surface area contributed by atoms with Gasteiger partial charge >= 0.3 is 5.91 Å². The molecule has 2 aromatic rings. The van der Waals surface area contributed by atoms with Crippen molar-refractivity contribution in [2.45, 2.75) is 19.3 Å². The van der Waals surface area contributed by atoms with Gasteiger partial charge in [0.05, 0.1) is 11.4 Å². The maximum absolute atomic E-state index is 12.7. The molecule has 24 heavy (non-hydrogen) atoms. The van der Waals surface area contributed by atoms with Crippen LogP contribution in [0, 0.1) is 0 Å². The van der Waals surface area contributed by atoms with Gasteiger partial charge in [0.25, 0.3) is 5.78 Å². The van der Waals surface area contributed by atoms with Crippen molar-refractivity contribution in [3.8, 4) is 0 Å². The van der Waals surface area contributed by atoms with E-state index in [0.717, 1.165) is 29.8 Å². The average Bonchev–Trinajstić information content (AvgIpc) is 2.77. The number of anilines is 1. The van der Waals surface area contributed by atoms with Gasteiger partial charge in [0.2, 0.25) is 0 Å². The molecule has 0 spiro atoms. The molecular weight excluding hydrogens is 300 g/mol. The van der Waals surface area contributed by atoms with E-state index >= 15 is 0 Å². The van der Waals surface area contributed by atoms with Crippen LogP contribution in [0.15, 0.2) is 60.2 Å². The number of ketones is 1. The second-order valence-electron chi connectivity index (χ2n) is 6.14. The Balaban J connectivity index is 1.88. The van der Waals surface area contributed by atoms with Crippen LogP contribution in [0.1, 0.15) is 24.0 Å². The number of aryl methyl sites for hydroxylation is 1. The first-order valence-corrected chi connectivity index (χ1v) is 8.17. The summed E-state index contributed by atoms with van der Waals surface area (Å²) in [5, 5.41) is 3.31. The van der Waals surface area contributed by atoms with Gasteiger partial charge in [0, 0.05) is 18.2 Å². The molecule has 0 atom stereocenters. The number of rotatable bonds is 2. The Kier molecular flexibility index (Phi) is 3.45. The van der Waals surface area contributed by atoms with E-state index in [1.165, 1.54) is 10.6 Å². The number of fused-ring (bicyclic) bond motifs is 2. The van der Waals surface area contributed by atoms with E-state index in [4.69, 9.17) is 0 Å². The van der Waals surface area contributed by atoms with Crippen molar-refractivity contribution in [3.63, 3.8) is 0 Å². The smallest absolute Gasteiger partial charge is 0.283 e. The van der Waals surface area contributed by atoms with Gasteiger partial charge in [-0.25, -0.2) is 5.01 Å². The molecule has 0 saturated carbocycles. The first-order chi connectivity index (χ1) is 11.7. The highest BCUT2D eigenvalue weighted by atomic mass is 16.2. The molecule has 4 nitrogen and oxygen atoms in total. The van der Waals surface area contributed by atoms with Gasteiger partial charge in [-0.3, -0.25) is 14.6 Å². The topological polar surface area (TPSA) is 40.6 Å². The summed E-state index contributed by atoms with van der Waals surface area (Å²) in [6.45, 7) is 0. The van der Waals surface area contributed by atoms with Gasteiger partial charge in [0.1, 0.15) is 0 Å². The Bertz CT molecular complexity index is 855. The zero-order chi connectivity index (χ0) is 16.7. The Labute approximate surface area is 141 Å². The van der Waals surface area contributed by atoms with Crippen molar-refractivity contribution < 1.29 is 9.59 Å². The summed E-state index contributed by atoms with van der Waals surface area (Å²) >= 11 is 0. The number of carbonyl (C=O) groups is 2. The van der Waals surface area contributed by atoms with Crippen LogP contribution in [0.4, 0.5) is 5.69 Å². The van der Waals surface area contributed by atoms with E-state index < -0.39 is 5.91 Å². The number of hydrazine groups is 1. The van der Waals surface area contributed by atoms with Crippen molar-refractivity contribution in [2.75, 3.05) is 12.1 Å². The largest absolute Gasteiger partial charge is 0.317 e. The van der Waals surface area contributed by atoms with Crippen molar-refractivity contribution in [2.24, 2.45) is 0 Å². The minimum atomic E-state index is -0.469. The van der Waals surface area contributed by atoms with Gasteiger partial charge in [0.15, 0.2) is 0 Å². The molecule has 0 N–H and O–H groups in total. The number of benzene rings is 2. The van der Waals surface area contributed by atoms with E-state index in [0.29, 0.717) is 12.0 Å². The van der Waals surface area contributed by atoms with Crippen LogP contribution in [0.3, 0.4) is 0 Å². The molecule has 1 amide bonds. The number of carbonyl (C=O) groups excluding carboxylic acids is 2. The highest BCUT2D eigenvalue weighted by Crippen LogP contribution is 2.39. The van der Waals surface area contributed by atoms with E-state index in [1.807, 2.05) is 55.6 Å². The first kappa shape index (κ1) is 14.7. The normalized spacial score (nSPS) is 16.8. The molecule has 0 aromatic heterocycles. The van der Waals surface area contributed by atoms with Gasteiger partial charge in [-0.2, -0.15) is 0 Å². The van der Waals surface area contributed by atoms with Crippen LogP contribution in [0.5, 0.6) is 0 Å². The summed E-state index contributed by atoms with van der Waals surface area (Å²) in [7, 11) is 1.82. The second kappa shape index (κ2) is 5.64. The Morgan fingerprint density at radius 1 is 0.917 bits per heavy atom. The highest BCUT2D eigenvalue weighted by molar-refractivity contribution is 6.48. The van der Waals surface area contributed by atoms with Crippen LogP contribution in [0.2, 0.25) is 0 Å². The number of Topliss-reactive ketones (excluding diaryl/α,β-unsaturated/α-hetero) is 1. The summed E-state index contributed by atoms with van der Waals surface area (Å²) in [4.78, 5) is 25.3. The zero-order valence-electron chi connectivity index (χ0n) is 13.5. The fourth-order valence-electron chi connectivity index (χ4n) is 3.54. The van der Waals surface area contributed by atoms with Crippen LogP contribution in [0.25, 0.3) is 5.70 Å². The summed E-state index contributed by atoms with van der Waals surface area (Å²) in [6.07, 6.45) is 2.46. The lowest BCUT2D eigenvalue weighted by Crippen LogP contribution is -2.42. The van der Waals surface area contributed by atoms with Crippen LogP contribution in [-0.2, 0) is 16.0 Å². The lowest BCUT2D eigenvalue weighted by Gasteiger charge is -2.32. The van der Waals surface area contributed by atoms with Crippen LogP contribution >= 0.6 is 0 Å². The third-order valence-electron chi connectivity index (χ3n) is 4.73. The maximum atomic E-state index is 12.7. The Hall–Kier alpha value is -2.88. The first-order valence-electron chi connectivity index (χ1n) is 8.17. The monoisotopic (exact) mass is 318 g/mol. The minimum Gasteiger partial charge on any atom is -0.283 e. The molecule has 2 aliphatic rings. The molecule has 120 valence electrons. The fourth-order valence-corrected chi connectivity index (χ4v) is 3.54. The summed E-state index contributed by atoms with van der Waals surface area (Å²) in [5.41, 5.74) is 4.45. The predicted molar refractivity (Wildman–Crippen MR) is 93.0 cm³/mol. The zero-order valence-corrected chi connectivity index (χ0v) is 13.5. The number of amides is 1. The van der Waals surface area contributed by atoms with E-state index in [1.54, 1.807) is 5.01 Å². The standard InChI is InChI=1S/C20H18N2O2/c1-21(15-10-3-2-4-11-15)22-18-16-12-6-5-8-14(16)9-7-13-17(18)19(23)20(22)24/h2-6,8,10-12H,7,9,13H2,1H3. The Morgan fingerprint density at radius 2 is 1.62 bits per heavy atom. The minimum absolute atomic E-state index is 0.371. The molecule has 0 fully saturated rings. The maximum Gasteiger partial charge on any atom is 0.317 e. The van der Waals surface area contributed by atoms with Crippen molar-refractivity contribution in [1.29, 1.82) is 0 Å². The molecule has 0 saturated heterocycles. The van der Waals surface area contributed by atoms with Gasteiger partial charge in [-0.15, -0.1) is 0 Å². The lowest BCUT2D eigenvalue weighted by molar-refractivity contribution is -0.139. The Morgan fingerprint density at radius 3 is 2.42 bits per heavy atom. The van der Waals surface area contributed by atoms with Gasteiger partial charge in [-0.05, 0) is 37.0 Å². The summed E-state index contributed by atoms with van der Waals surface area (Å²) in [6, 6.07) is 17.7. The van der Waals surface area contributed by atoms with Crippen LogP contribution in [-0.4, -0.2) is 23.7 Å². The molecule has 4 heteroatoms. The van der Waals surface area contributed by atoms with Gasteiger partial charge in [-0.1, -0.05) is 42.5 Å². The van der Waals surface area contributed by atoms with E-state index in [9.17, 15) is 9.59 Å². The van der Waals surface area contributed by atoms with Crippen LogP contribution < -0.4 is 5.01 Å². The van der Waals surface area contributed by atoms with Crippen molar-refractivity contribution in [1.82, 2.24) is 5.01 Å². The molecule has 2 aromatic carbocycles. The molecule has 0 radical (unpaired) electrons. The highest BCUT2D eigenvalue weighted by Gasteiger charge is 2.42. The molecule has 1 aliphatic carbocycles. The summed E-state index contributed by atoms with van der Waals surface area (Å²) < 4.78 is 0. The number of nitrogens with zero attached hydrogens (tertiary/aromatic N) is 2. The predicted octanol–water partition coefficient (Wildman–Crippen LogP) is 3.20. The molecule has 0 unspecified atom stereocenters. The van der Waals surface area contributed by atoms with Gasteiger partial charge < -0.3 is 0 Å². The summed E-state index contributed by atoms with van der Waals surface area (Å²) in [5.74, 6) is -0.840. The van der Waals surface area contributed by atoms with Crippen molar-refractivity contribution in [3.05, 3.63) is 71.3 Å². The quantitative estimate of drug-likeness (QED) is 0.799.